The van der Waals surface area contributed by atoms with E-state index in [0.29, 0.717) is 6.04 Å². The number of benzene rings is 1. The lowest BCUT2D eigenvalue weighted by Crippen LogP contribution is -2.52. The molecule has 1 aromatic rings. The Morgan fingerprint density at radius 1 is 1.25 bits per heavy atom. The highest BCUT2D eigenvalue weighted by Gasteiger charge is 2.37. The Labute approximate surface area is 127 Å². The topological polar surface area (TPSA) is 15.3 Å². The summed E-state index contributed by atoms with van der Waals surface area (Å²) < 4.78 is 0. The molecule has 2 nitrogen and oxygen atoms in total. The van der Waals surface area contributed by atoms with Crippen LogP contribution in [0.4, 0.5) is 0 Å². The van der Waals surface area contributed by atoms with Gasteiger partial charge in [-0.05, 0) is 24.2 Å². The van der Waals surface area contributed by atoms with Gasteiger partial charge in [-0.1, -0.05) is 43.7 Å². The minimum Gasteiger partial charge on any atom is -0.314 e. The number of rotatable bonds is 4. The minimum atomic E-state index is 0.563. The van der Waals surface area contributed by atoms with Gasteiger partial charge in [-0.15, -0.1) is 0 Å². The Balaban J connectivity index is 1.78. The second kappa shape index (κ2) is 6.97. The third-order valence-electron chi connectivity index (χ3n) is 4.69. The van der Waals surface area contributed by atoms with Gasteiger partial charge in [-0.2, -0.15) is 11.8 Å². The monoisotopic (exact) mass is 290 g/mol. The number of piperazine rings is 1. The van der Waals surface area contributed by atoms with E-state index in [0.717, 1.165) is 24.4 Å². The van der Waals surface area contributed by atoms with E-state index in [-0.39, 0.29) is 0 Å². The minimum absolute atomic E-state index is 0.563. The van der Waals surface area contributed by atoms with Crippen LogP contribution in [0.2, 0.25) is 0 Å². The molecule has 1 aliphatic heterocycles. The highest BCUT2D eigenvalue weighted by Crippen LogP contribution is 2.37. The van der Waals surface area contributed by atoms with Crippen molar-refractivity contribution in [2.45, 2.75) is 43.5 Å². The largest absolute Gasteiger partial charge is 0.314 e. The molecule has 1 N–H and O–H groups in total. The van der Waals surface area contributed by atoms with Crippen molar-refractivity contribution in [3.8, 4) is 0 Å². The van der Waals surface area contributed by atoms with Gasteiger partial charge in [0, 0.05) is 37.0 Å². The van der Waals surface area contributed by atoms with Crippen molar-refractivity contribution < 1.29 is 0 Å². The molecule has 3 heteroatoms. The zero-order chi connectivity index (χ0) is 13.8. The summed E-state index contributed by atoms with van der Waals surface area (Å²) in [5.41, 5.74) is 1.48. The van der Waals surface area contributed by atoms with E-state index in [1.807, 2.05) is 0 Å². The van der Waals surface area contributed by atoms with E-state index in [1.165, 1.54) is 37.1 Å². The molecule has 3 atom stereocenters. The van der Waals surface area contributed by atoms with Crippen molar-refractivity contribution >= 4 is 11.8 Å². The molecule has 0 spiro atoms. The summed E-state index contributed by atoms with van der Waals surface area (Å²) in [5, 5.41) is 4.44. The molecule has 110 valence electrons. The fraction of sp³-hybridized carbons (Fsp3) is 0.647. The zero-order valence-electron chi connectivity index (χ0n) is 12.4. The van der Waals surface area contributed by atoms with Gasteiger partial charge in [-0.3, -0.25) is 4.90 Å². The maximum atomic E-state index is 3.59. The molecule has 1 aromatic carbocycles. The van der Waals surface area contributed by atoms with Crippen LogP contribution >= 0.6 is 11.8 Å². The van der Waals surface area contributed by atoms with Gasteiger partial charge >= 0.3 is 0 Å². The van der Waals surface area contributed by atoms with Crippen molar-refractivity contribution in [3.63, 3.8) is 0 Å². The average Bonchev–Trinajstić information content (AvgIpc) is 2.97. The van der Waals surface area contributed by atoms with Crippen LogP contribution < -0.4 is 5.32 Å². The predicted octanol–water partition coefficient (Wildman–Crippen LogP) is 3.31. The summed E-state index contributed by atoms with van der Waals surface area (Å²) in [6.07, 6.45) is 4.21. The van der Waals surface area contributed by atoms with Crippen molar-refractivity contribution in [1.82, 2.24) is 10.2 Å². The van der Waals surface area contributed by atoms with Gasteiger partial charge < -0.3 is 5.32 Å². The van der Waals surface area contributed by atoms with E-state index in [4.69, 9.17) is 0 Å². The molecule has 1 heterocycles. The van der Waals surface area contributed by atoms with Crippen molar-refractivity contribution in [3.05, 3.63) is 35.9 Å². The fourth-order valence-electron chi connectivity index (χ4n) is 3.80. The molecule has 0 aromatic heterocycles. The number of nitrogens with zero attached hydrogens (tertiary/aromatic N) is 1. The molecule has 1 saturated carbocycles. The van der Waals surface area contributed by atoms with E-state index < -0.39 is 0 Å². The summed E-state index contributed by atoms with van der Waals surface area (Å²) in [4.78, 5) is 2.80. The molecule has 3 rings (SSSR count). The standard InChI is InChI=1S/C17H26N2S/c1-2-20-17-10-6-9-15(17)19-12-11-18-13-16(19)14-7-4-3-5-8-14/h3-5,7-8,15-18H,2,6,9-13H2,1H3. The van der Waals surface area contributed by atoms with Crippen LogP contribution in [0.15, 0.2) is 30.3 Å². The second-order valence-corrected chi connectivity index (χ2v) is 7.38. The molecule has 2 aliphatic rings. The Bertz CT molecular complexity index is 409. The van der Waals surface area contributed by atoms with Gasteiger partial charge in [0.25, 0.3) is 0 Å². The van der Waals surface area contributed by atoms with Gasteiger partial charge in [-0.25, -0.2) is 0 Å². The first-order chi connectivity index (χ1) is 9.90. The number of thioether (sulfide) groups is 1. The number of hydrogen-bond donors (Lipinski definition) is 1. The van der Waals surface area contributed by atoms with Crippen LogP contribution in [-0.2, 0) is 0 Å². The Hall–Kier alpha value is -0.510. The SMILES string of the molecule is CCSC1CCCC1N1CCNCC1c1ccccc1. The summed E-state index contributed by atoms with van der Waals surface area (Å²) in [6, 6.07) is 12.4. The molecular formula is C17H26N2S. The van der Waals surface area contributed by atoms with E-state index in [2.05, 4.69) is 59.2 Å². The van der Waals surface area contributed by atoms with Crippen LogP contribution in [0, 0.1) is 0 Å². The van der Waals surface area contributed by atoms with Gasteiger partial charge in [0.05, 0.1) is 0 Å². The lowest BCUT2D eigenvalue weighted by molar-refractivity contribution is 0.111. The van der Waals surface area contributed by atoms with Gasteiger partial charge in [0.15, 0.2) is 0 Å². The maximum Gasteiger partial charge on any atom is 0.0476 e. The molecule has 20 heavy (non-hydrogen) atoms. The van der Waals surface area contributed by atoms with Crippen molar-refractivity contribution in [1.29, 1.82) is 0 Å². The average molecular weight is 290 g/mol. The highest BCUT2D eigenvalue weighted by molar-refractivity contribution is 7.99. The summed E-state index contributed by atoms with van der Waals surface area (Å²) in [7, 11) is 0. The molecule has 1 aliphatic carbocycles. The quantitative estimate of drug-likeness (QED) is 0.916. The first-order valence-corrected chi connectivity index (χ1v) is 9.08. The van der Waals surface area contributed by atoms with Crippen molar-refractivity contribution in [2.75, 3.05) is 25.4 Å². The third-order valence-corrected chi connectivity index (χ3v) is 6.00. The molecule has 2 fully saturated rings. The van der Waals surface area contributed by atoms with E-state index >= 15 is 0 Å². The molecular weight excluding hydrogens is 264 g/mol. The van der Waals surface area contributed by atoms with E-state index in [1.54, 1.807) is 0 Å². The van der Waals surface area contributed by atoms with Crippen LogP contribution in [-0.4, -0.2) is 41.6 Å². The fourth-order valence-corrected chi connectivity index (χ4v) is 5.07. The van der Waals surface area contributed by atoms with Crippen LogP contribution in [0.3, 0.4) is 0 Å². The van der Waals surface area contributed by atoms with E-state index in [9.17, 15) is 0 Å². The molecule has 1 saturated heterocycles. The lowest BCUT2D eigenvalue weighted by Gasteiger charge is -2.42. The Kier molecular flexibility index (Phi) is 5.03. The Morgan fingerprint density at radius 2 is 2.10 bits per heavy atom. The molecule has 3 unspecified atom stereocenters. The van der Waals surface area contributed by atoms with Crippen LogP contribution in [0.25, 0.3) is 0 Å². The smallest absolute Gasteiger partial charge is 0.0476 e. The third kappa shape index (κ3) is 3.05. The van der Waals surface area contributed by atoms with Crippen molar-refractivity contribution in [2.24, 2.45) is 0 Å². The molecule has 0 amide bonds. The predicted molar refractivity (Wildman–Crippen MR) is 88.3 cm³/mol. The number of nitrogens with one attached hydrogen (secondary N) is 1. The highest BCUT2D eigenvalue weighted by atomic mass is 32.2. The molecule has 0 bridgehead atoms. The molecule has 0 radical (unpaired) electrons. The zero-order valence-corrected chi connectivity index (χ0v) is 13.2. The summed E-state index contributed by atoms with van der Waals surface area (Å²) in [5.74, 6) is 1.25. The Morgan fingerprint density at radius 3 is 2.90 bits per heavy atom. The van der Waals surface area contributed by atoms with Gasteiger partial charge in [0.1, 0.15) is 0 Å². The first-order valence-electron chi connectivity index (χ1n) is 8.03. The summed E-state index contributed by atoms with van der Waals surface area (Å²) in [6.45, 7) is 5.74. The maximum absolute atomic E-state index is 3.59. The lowest BCUT2D eigenvalue weighted by atomic mass is 10.0. The number of hydrogen-bond acceptors (Lipinski definition) is 3. The van der Waals surface area contributed by atoms with Crippen LogP contribution in [0.5, 0.6) is 0 Å². The first kappa shape index (κ1) is 14.4. The second-order valence-electron chi connectivity index (χ2n) is 5.86. The normalized spacial score (nSPS) is 31.6. The van der Waals surface area contributed by atoms with Crippen LogP contribution in [0.1, 0.15) is 37.8 Å². The summed E-state index contributed by atoms with van der Waals surface area (Å²) >= 11 is 2.18. The van der Waals surface area contributed by atoms with Gasteiger partial charge in [0.2, 0.25) is 0 Å².